The van der Waals surface area contributed by atoms with Crippen LogP contribution in [-0.4, -0.2) is 59.4 Å². The van der Waals surface area contributed by atoms with Crippen molar-refractivity contribution in [1.82, 2.24) is 25.0 Å². The van der Waals surface area contributed by atoms with Crippen molar-refractivity contribution in [3.05, 3.63) is 71.8 Å². The number of nitrogens with zero attached hydrogens (tertiary/aromatic N) is 5. The first-order valence-electron chi connectivity index (χ1n) is 11.9. The van der Waals surface area contributed by atoms with Gasteiger partial charge in [0.15, 0.2) is 5.82 Å². The molecule has 0 saturated heterocycles. The Balaban J connectivity index is 1.34. The van der Waals surface area contributed by atoms with Gasteiger partial charge in [-0.2, -0.15) is 0 Å². The van der Waals surface area contributed by atoms with Crippen LogP contribution in [0, 0.1) is 0 Å². The van der Waals surface area contributed by atoms with Gasteiger partial charge in [0.1, 0.15) is 5.82 Å². The molecule has 2 heterocycles. The van der Waals surface area contributed by atoms with Gasteiger partial charge in [-0.15, -0.1) is 10.2 Å². The molecule has 1 aromatic heterocycles. The van der Waals surface area contributed by atoms with E-state index in [2.05, 4.69) is 85.5 Å². The highest BCUT2D eigenvalue weighted by Gasteiger charge is 2.22. The minimum Gasteiger partial charge on any atom is -0.384 e. The molecule has 1 aliphatic heterocycles. The van der Waals surface area contributed by atoms with Crippen LogP contribution in [-0.2, 0) is 29.0 Å². The number of carbonyl (C=O) groups excluding carboxylic acids is 1. The molecule has 0 fully saturated rings. The van der Waals surface area contributed by atoms with E-state index in [1.54, 1.807) is 7.11 Å². The first kappa shape index (κ1) is 23.9. The Morgan fingerprint density at radius 1 is 1.06 bits per heavy atom. The van der Waals surface area contributed by atoms with Gasteiger partial charge in [-0.25, -0.2) is 0 Å². The highest BCUT2D eigenvalue weighted by Crippen LogP contribution is 2.24. The van der Waals surface area contributed by atoms with E-state index in [4.69, 9.17) is 4.74 Å². The topological polar surface area (TPSA) is 75.5 Å². The molecule has 4 rings (SSSR count). The van der Waals surface area contributed by atoms with Crippen molar-refractivity contribution < 1.29 is 9.53 Å². The number of hydrogen-bond acceptors (Lipinski definition) is 6. The molecule has 34 heavy (non-hydrogen) atoms. The Hall–Kier alpha value is -3.23. The summed E-state index contributed by atoms with van der Waals surface area (Å²) in [6.07, 6.45) is 1.18. The van der Waals surface area contributed by atoms with Crippen LogP contribution in [0.15, 0.2) is 54.6 Å². The maximum Gasteiger partial charge on any atom is 0.222 e. The number of ether oxygens (including phenoxy) is 1. The number of benzene rings is 2. The fourth-order valence-electron chi connectivity index (χ4n) is 4.32. The quantitative estimate of drug-likeness (QED) is 0.526. The molecule has 3 aromatic rings. The number of anilines is 2. The van der Waals surface area contributed by atoms with Crippen LogP contribution >= 0.6 is 0 Å². The molecule has 1 unspecified atom stereocenters. The van der Waals surface area contributed by atoms with Gasteiger partial charge >= 0.3 is 0 Å². The number of hydrogen-bond donors (Lipinski definition) is 1. The summed E-state index contributed by atoms with van der Waals surface area (Å²) in [7, 11) is 3.69. The minimum absolute atomic E-state index is 0.0386. The largest absolute Gasteiger partial charge is 0.384 e. The molecule has 2 aromatic carbocycles. The molecule has 8 nitrogen and oxygen atoms in total. The Kier molecular flexibility index (Phi) is 7.92. The molecule has 8 heteroatoms. The zero-order chi connectivity index (χ0) is 23.9. The average molecular weight is 463 g/mol. The summed E-state index contributed by atoms with van der Waals surface area (Å²) < 4.78 is 7.15. The number of para-hydroxylation sites is 1. The number of nitrogens with one attached hydrogen (secondary N) is 1. The summed E-state index contributed by atoms with van der Waals surface area (Å²) in [5.41, 5.74) is 3.63. The Bertz CT molecular complexity index is 1070. The van der Waals surface area contributed by atoms with Gasteiger partial charge in [-0.1, -0.05) is 30.3 Å². The maximum absolute atomic E-state index is 12.1. The van der Waals surface area contributed by atoms with E-state index in [1.807, 2.05) is 13.0 Å². The molecule has 1 aliphatic rings. The number of rotatable bonds is 9. The SMILES string of the molecule is COCCC(=O)NC(C)c1nnc2n1CCN(Cc1ccc(N(C)c3ccccc3)cc1)CC2. The second kappa shape index (κ2) is 11.3. The van der Waals surface area contributed by atoms with E-state index in [9.17, 15) is 4.79 Å². The van der Waals surface area contributed by atoms with Gasteiger partial charge in [0.25, 0.3) is 0 Å². The number of carbonyl (C=O) groups is 1. The maximum atomic E-state index is 12.1. The minimum atomic E-state index is -0.189. The molecule has 1 N–H and O–H groups in total. The Morgan fingerprint density at radius 2 is 1.79 bits per heavy atom. The highest BCUT2D eigenvalue weighted by atomic mass is 16.5. The molecule has 0 radical (unpaired) electrons. The predicted octanol–water partition coefficient (Wildman–Crippen LogP) is 3.32. The first-order chi connectivity index (χ1) is 16.5. The van der Waals surface area contributed by atoms with E-state index in [1.165, 1.54) is 16.9 Å². The number of amides is 1. The zero-order valence-electron chi connectivity index (χ0n) is 20.3. The third-order valence-electron chi connectivity index (χ3n) is 6.32. The fourth-order valence-corrected chi connectivity index (χ4v) is 4.32. The lowest BCUT2D eigenvalue weighted by Crippen LogP contribution is -2.30. The lowest BCUT2D eigenvalue weighted by atomic mass is 10.1. The normalized spacial score (nSPS) is 14.8. The first-order valence-corrected chi connectivity index (χ1v) is 11.9. The summed E-state index contributed by atoms with van der Waals surface area (Å²) in [5, 5.41) is 11.8. The van der Waals surface area contributed by atoms with Crippen molar-refractivity contribution in [2.45, 2.75) is 38.9 Å². The number of methoxy groups -OCH3 is 1. The Labute approximate surface area is 201 Å². The highest BCUT2D eigenvalue weighted by molar-refractivity contribution is 5.76. The monoisotopic (exact) mass is 462 g/mol. The van der Waals surface area contributed by atoms with Crippen molar-refractivity contribution in [3.63, 3.8) is 0 Å². The fraction of sp³-hybridized carbons (Fsp3) is 0.423. The van der Waals surface area contributed by atoms with Crippen molar-refractivity contribution in [2.24, 2.45) is 0 Å². The molecule has 1 amide bonds. The van der Waals surface area contributed by atoms with Crippen LogP contribution in [0.3, 0.4) is 0 Å². The second-order valence-corrected chi connectivity index (χ2v) is 8.75. The van der Waals surface area contributed by atoms with Gasteiger partial charge in [0.05, 0.1) is 12.6 Å². The summed E-state index contributed by atoms with van der Waals surface area (Å²) in [5.74, 6) is 1.76. The van der Waals surface area contributed by atoms with E-state index in [-0.39, 0.29) is 11.9 Å². The number of aromatic nitrogens is 3. The summed E-state index contributed by atoms with van der Waals surface area (Å²) in [4.78, 5) is 16.7. The van der Waals surface area contributed by atoms with Gasteiger partial charge in [-0.3, -0.25) is 9.69 Å². The zero-order valence-corrected chi connectivity index (χ0v) is 20.3. The van der Waals surface area contributed by atoms with E-state index in [0.29, 0.717) is 13.0 Å². The van der Waals surface area contributed by atoms with Crippen molar-refractivity contribution in [1.29, 1.82) is 0 Å². The summed E-state index contributed by atoms with van der Waals surface area (Å²) in [6.45, 7) is 5.91. The third-order valence-corrected chi connectivity index (χ3v) is 6.32. The summed E-state index contributed by atoms with van der Waals surface area (Å²) >= 11 is 0. The lowest BCUT2D eigenvalue weighted by Gasteiger charge is -2.22. The van der Waals surface area contributed by atoms with E-state index >= 15 is 0 Å². The second-order valence-electron chi connectivity index (χ2n) is 8.75. The van der Waals surface area contributed by atoms with Gasteiger partial charge in [0.2, 0.25) is 5.91 Å². The standard InChI is InChI=1S/C26H34N6O2/c1-20(27-25(33)14-18-34-3)26-29-28-24-13-15-31(16-17-32(24)26)19-21-9-11-23(12-10-21)30(2)22-7-5-4-6-8-22/h4-12,20H,13-19H2,1-3H3,(H,27,33). The molecule has 0 saturated carbocycles. The Morgan fingerprint density at radius 3 is 2.53 bits per heavy atom. The molecular formula is C26H34N6O2. The molecule has 1 atom stereocenters. The van der Waals surface area contributed by atoms with Crippen LogP contribution < -0.4 is 10.2 Å². The van der Waals surface area contributed by atoms with Crippen molar-refractivity contribution >= 4 is 17.3 Å². The molecular weight excluding hydrogens is 428 g/mol. The van der Waals surface area contributed by atoms with Crippen LogP contribution in [0.5, 0.6) is 0 Å². The third kappa shape index (κ3) is 5.81. The van der Waals surface area contributed by atoms with E-state index < -0.39 is 0 Å². The van der Waals surface area contributed by atoms with Crippen molar-refractivity contribution in [3.8, 4) is 0 Å². The lowest BCUT2D eigenvalue weighted by molar-refractivity contribution is -0.122. The van der Waals surface area contributed by atoms with Gasteiger partial charge in [-0.05, 0) is 36.8 Å². The smallest absolute Gasteiger partial charge is 0.222 e. The van der Waals surface area contributed by atoms with Crippen LogP contribution in [0.4, 0.5) is 11.4 Å². The van der Waals surface area contributed by atoms with Crippen LogP contribution in [0.25, 0.3) is 0 Å². The van der Waals surface area contributed by atoms with E-state index in [0.717, 1.165) is 44.2 Å². The molecule has 180 valence electrons. The summed E-state index contributed by atoms with van der Waals surface area (Å²) in [6, 6.07) is 19.0. The molecule has 0 bridgehead atoms. The van der Waals surface area contributed by atoms with Gasteiger partial charge < -0.3 is 19.5 Å². The predicted molar refractivity (Wildman–Crippen MR) is 133 cm³/mol. The molecule has 0 spiro atoms. The number of fused-ring (bicyclic) bond motifs is 1. The average Bonchev–Trinajstić information content (AvgIpc) is 3.17. The molecule has 0 aliphatic carbocycles. The van der Waals surface area contributed by atoms with Crippen LogP contribution in [0.2, 0.25) is 0 Å². The van der Waals surface area contributed by atoms with Crippen LogP contribution in [0.1, 0.15) is 36.6 Å². The van der Waals surface area contributed by atoms with Crippen molar-refractivity contribution in [2.75, 3.05) is 38.8 Å². The van der Waals surface area contributed by atoms with Gasteiger partial charge in [0, 0.05) is 64.6 Å².